The third-order valence-corrected chi connectivity index (χ3v) is 7.88. The van der Waals surface area contributed by atoms with Gasteiger partial charge < -0.3 is 25.0 Å². The molecule has 2 atom stereocenters. The van der Waals surface area contributed by atoms with Crippen LogP contribution < -0.4 is 20.1 Å². The summed E-state index contributed by atoms with van der Waals surface area (Å²) in [6.07, 6.45) is 8.29. The van der Waals surface area contributed by atoms with Crippen LogP contribution in [-0.4, -0.2) is 69.6 Å². The van der Waals surface area contributed by atoms with Crippen LogP contribution >= 0.6 is 0 Å². The summed E-state index contributed by atoms with van der Waals surface area (Å²) < 4.78 is 26.6. The molecule has 6 bridgehead atoms. The smallest absolute Gasteiger partial charge is 0.258 e. The molecule has 45 heavy (non-hydrogen) atoms. The number of hydrogen-bond acceptors (Lipinski definition) is 7. The number of aryl methyl sites for hydroxylation is 1. The summed E-state index contributed by atoms with van der Waals surface area (Å²) in [7, 11) is 0. The minimum atomic E-state index is -0.585. The van der Waals surface area contributed by atoms with E-state index in [1.807, 2.05) is 12.3 Å². The monoisotopic (exact) mass is 612 g/mol. The molecule has 4 aromatic rings. The van der Waals surface area contributed by atoms with Gasteiger partial charge in [0.05, 0.1) is 17.8 Å². The maximum atomic E-state index is 14.6. The Labute approximate surface area is 259 Å². The molecule has 0 unspecified atom stereocenters. The number of likely N-dealkylation sites (tertiary alicyclic amines) is 1. The number of hydrogen-bond donors (Lipinski definition) is 3. The van der Waals surface area contributed by atoms with Gasteiger partial charge in [-0.25, -0.2) is 4.39 Å². The zero-order valence-electron chi connectivity index (χ0n) is 24.5. The molecule has 0 spiro atoms. The van der Waals surface area contributed by atoms with Gasteiger partial charge in [-0.05, 0) is 59.9 Å². The number of nitrogens with zero attached hydrogens (tertiary/aromatic N) is 3. The summed E-state index contributed by atoms with van der Waals surface area (Å²) in [5.41, 5.74) is 3.31. The van der Waals surface area contributed by atoms with E-state index in [2.05, 4.69) is 25.8 Å². The highest BCUT2D eigenvalue weighted by Gasteiger charge is 2.34. The standard InChI is InChI=1S/C33H33FN6O5/c34-26-9-22-10-28(13-26)45-30-7-8-40(32(42)6-1-3-21-15-37-38-16-21)19-29(30)39-33(43)25-11-24(17-35-18-25)23-4-2-5-27(12-23)44-20-31(41)36-14-22/h2,4-5,9-13,15-18,29-30H,1,3,6-8,14,19-20H2,(H,36,41)(H,37,38)(H,39,43)/t29-,30+/m1/s1. The number of piperidine rings is 1. The number of carbonyl (C=O) groups is 3. The van der Waals surface area contributed by atoms with Crippen molar-refractivity contribution in [2.45, 2.75) is 44.4 Å². The second kappa shape index (κ2) is 13.6. The molecule has 0 aliphatic carbocycles. The highest BCUT2D eigenvalue weighted by Crippen LogP contribution is 2.26. The van der Waals surface area contributed by atoms with Crippen LogP contribution in [0.25, 0.3) is 11.1 Å². The lowest BCUT2D eigenvalue weighted by Crippen LogP contribution is -2.58. The largest absolute Gasteiger partial charge is 0.488 e. The van der Waals surface area contributed by atoms with Crippen LogP contribution in [0.1, 0.15) is 40.7 Å². The summed E-state index contributed by atoms with van der Waals surface area (Å²) in [4.78, 5) is 45.3. The van der Waals surface area contributed by atoms with E-state index in [0.29, 0.717) is 48.2 Å². The maximum Gasteiger partial charge on any atom is 0.258 e. The van der Waals surface area contributed by atoms with Gasteiger partial charge in [-0.1, -0.05) is 12.1 Å². The first-order chi connectivity index (χ1) is 21.9. The molecule has 4 heterocycles. The van der Waals surface area contributed by atoms with E-state index in [1.54, 1.807) is 47.6 Å². The van der Waals surface area contributed by atoms with Gasteiger partial charge in [0.25, 0.3) is 11.8 Å². The van der Waals surface area contributed by atoms with Crippen LogP contribution in [0.2, 0.25) is 0 Å². The van der Waals surface area contributed by atoms with Crippen LogP contribution in [0.4, 0.5) is 4.39 Å². The number of nitrogens with one attached hydrogen (secondary N) is 3. The Kier molecular flexibility index (Phi) is 8.99. The first-order valence-electron chi connectivity index (χ1n) is 14.9. The SMILES string of the molecule is O=C1COc2cccc(c2)-c2cncc(c2)C(=O)N[C@@H]2CN(C(=O)CCCc3cn[nH]c3)CC[C@@H]2Oc2cc(F)cc(c2)CN1. The predicted octanol–water partition coefficient (Wildman–Crippen LogP) is 3.42. The third-order valence-electron chi connectivity index (χ3n) is 7.88. The molecule has 232 valence electrons. The number of pyridine rings is 1. The van der Waals surface area contributed by atoms with Crippen molar-refractivity contribution >= 4 is 17.7 Å². The van der Waals surface area contributed by atoms with Crippen molar-refractivity contribution in [1.82, 2.24) is 30.7 Å². The molecule has 0 radical (unpaired) electrons. The minimum absolute atomic E-state index is 0.0173. The second-order valence-electron chi connectivity index (χ2n) is 11.2. The number of ether oxygens (including phenoxy) is 2. The average molecular weight is 613 g/mol. The number of halogens is 1. The minimum Gasteiger partial charge on any atom is -0.488 e. The van der Waals surface area contributed by atoms with Crippen molar-refractivity contribution in [3.05, 3.63) is 95.8 Å². The van der Waals surface area contributed by atoms with Gasteiger partial charge in [-0.15, -0.1) is 0 Å². The highest BCUT2D eigenvalue weighted by atomic mass is 19.1. The molecule has 3 N–H and O–H groups in total. The Bertz CT molecular complexity index is 1680. The van der Waals surface area contributed by atoms with Crippen molar-refractivity contribution in [1.29, 1.82) is 0 Å². The van der Waals surface area contributed by atoms with Crippen LogP contribution in [0, 0.1) is 5.82 Å². The molecule has 3 amide bonds. The van der Waals surface area contributed by atoms with E-state index in [1.165, 1.54) is 18.3 Å². The van der Waals surface area contributed by atoms with E-state index >= 15 is 0 Å². The summed E-state index contributed by atoms with van der Waals surface area (Å²) in [5, 5.41) is 12.5. The number of aromatic nitrogens is 3. The van der Waals surface area contributed by atoms with Gasteiger partial charge in [0.1, 0.15) is 23.4 Å². The van der Waals surface area contributed by atoms with E-state index in [-0.39, 0.29) is 43.2 Å². The Balaban J connectivity index is 1.26. The zero-order valence-corrected chi connectivity index (χ0v) is 24.5. The summed E-state index contributed by atoms with van der Waals surface area (Å²) in [5.74, 6) is -0.558. The number of aromatic amines is 1. The van der Waals surface area contributed by atoms with E-state index in [9.17, 15) is 18.8 Å². The Hall–Kier alpha value is -5.26. The number of H-pyrrole nitrogens is 1. The van der Waals surface area contributed by atoms with E-state index in [4.69, 9.17) is 9.47 Å². The molecule has 2 aliphatic rings. The Morgan fingerprint density at radius 1 is 1.02 bits per heavy atom. The maximum absolute atomic E-state index is 14.6. The lowest BCUT2D eigenvalue weighted by atomic mass is 9.99. The first-order valence-corrected chi connectivity index (χ1v) is 14.9. The van der Waals surface area contributed by atoms with Gasteiger partial charge in [0.15, 0.2) is 6.61 Å². The normalized spacial score (nSPS) is 18.6. The van der Waals surface area contributed by atoms with Crippen molar-refractivity contribution < 1.29 is 28.2 Å². The lowest BCUT2D eigenvalue weighted by Gasteiger charge is -2.39. The van der Waals surface area contributed by atoms with Gasteiger partial charge in [0, 0.05) is 62.7 Å². The lowest BCUT2D eigenvalue weighted by molar-refractivity contribution is -0.133. The number of amides is 3. The summed E-state index contributed by atoms with van der Waals surface area (Å²) >= 11 is 0. The van der Waals surface area contributed by atoms with E-state index in [0.717, 1.165) is 17.5 Å². The fraction of sp³-hybridized carbons (Fsp3) is 0.303. The summed E-state index contributed by atoms with van der Waals surface area (Å²) in [6.45, 7) is 0.490. The van der Waals surface area contributed by atoms with Gasteiger partial charge in [-0.3, -0.25) is 24.5 Å². The number of fused-ring (bicyclic) bond motifs is 8. The van der Waals surface area contributed by atoms with Gasteiger partial charge in [0.2, 0.25) is 5.91 Å². The highest BCUT2D eigenvalue weighted by molar-refractivity contribution is 5.95. The van der Waals surface area contributed by atoms with Gasteiger partial charge >= 0.3 is 0 Å². The zero-order chi connectivity index (χ0) is 31.2. The molecule has 2 aliphatic heterocycles. The third kappa shape index (κ3) is 7.64. The van der Waals surface area contributed by atoms with Gasteiger partial charge in [-0.2, -0.15) is 5.10 Å². The van der Waals surface area contributed by atoms with Crippen LogP contribution in [0.5, 0.6) is 11.5 Å². The summed E-state index contributed by atoms with van der Waals surface area (Å²) in [6, 6.07) is 12.5. The molecular weight excluding hydrogens is 579 g/mol. The molecular formula is C33H33FN6O5. The van der Waals surface area contributed by atoms with Crippen molar-refractivity contribution in [3.8, 4) is 22.6 Å². The topological polar surface area (TPSA) is 139 Å². The van der Waals surface area contributed by atoms with E-state index < -0.39 is 18.0 Å². The Morgan fingerprint density at radius 3 is 2.78 bits per heavy atom. The van der Waals surface area contributed by atoms with Crippen LogP contribution in [-0.2, 0) is 22.6 Å². The number of carbonyl (C=O) groups excluding carboxylic acids is 3. The second-order valence-corrected chi connectivity index (χ2v) is 11.2. The van der Waals surface area contributed by atoms with Crippen molar-refractivity contribution in [2.24, 2.45) is 0 Å². The predicted molar refractivity (Wildman–Crippen MR) is 162 cm³/mol. The van der Waals surface area contributed by atoms with Crippen molar-refractivity contribution in [2.75, 3.05) is 19.7 Å². The fourth-order valence-electron chi connectivity index (χ4n) is 5.56. The molecule has 0 saturated carbocycles. The average Bonchev–Trinajstić information content (AvgIpc) is 3.57. The molecule has 2 aromatic carbocycles. The number of rotatable bonds is 4. The molecule has 1 saturated heterocycles. The molecule has 1 fully saturated rings. The quantitative estimate of drug-likeness (QED) is 0.321. The molecule has 2 aromatic heterocycles. The first kappa shape index (κ1) is 29.8. The van der Waals surface area contributed by atoms with Crippen molar-refractivity contribution in [3.63, 3.8) is 0 Å². The fourth-order valence-corrected chi connectivity index (χ4v) is 5.56. The number of benzene rings is 2. The molecule has 6 rings (SSSR count). The molecule has 11 nitrogen and oxygen atoms in total. The Morgan fingerprint density at radius 2 is 1.91 bits per heavy atom. The van der Waals surface area contributed by atoms with Crippen LogP contribution in [0.3, 0.4) is 0 Å². The molecule has 12 heteroatoms. The van der Waals surface area contributed by atoms with Crippen LogP contribution in [0.15, 0.2) is 73.3 Å².